The summed E-state index contributed by atoms with van der Waals surface area (Å²) in [5, 5.41) is 9.07. The number of hydrogen-bond acceptors (Lipinski definition) is 5. The highest BCUT2D eigenvalue weighted by atomic mass is 32.1. The van der Waals surface area contributed by atoms with E-state index in [1.54, 1.807) is 11.0 Å². The van der Waals surface area contributed by atoms with E-state index in [1.165, 1.54) is 22.5 Å². The number of aryl methyl sites for hydroxylation is 3. The molecular weight excluding hydrogens is 408 g/mol. The number of aromatic nitrogens is 3. The standard InChI is InChI=1S/C24H24N4O2S/c1-16-8-9-21(18(3)10-16)30-13-19-11-22(31-14-19)23(29)26-24-25-15-28(27-24)12-20-7-5-4-6-17(20)2/h4-11,14-15H,12-13H2,1-3H3,(H,26,27,29). The maximum atomic E-state index is 12.6. The van der Waals surface area contributed by atoms with Crippen LogP contribution in [-0.4, -0.2) is 20.7 Å². The number of rotatable bonds is 7. The van der Waals surface area contributed by atoms with Crippen LogP contribution in [0.5, 0.6) is 5.75 Å². The van der Waals surface area contributed by atoms with E-state index >= 15 is 0 Å². The zero-order chi connectivity index (χ0) is 21.8. The molecule has 2 heterocycles. The van der Waals surface area contributed by atoms with Crippen LogP contribution in [0.15, 0.2) is 60.2 Å². The van der Waals surface area contributed by atoms with Gasteiger partial charge in [0.15, 0.2) is 0 Å². The summed E-state index contributed by atoms with van der Waals surface area (Å²) >= 11 is 1.38. The third-order valence-electron chi connectivity index (χ3n) is 4.96. The SMILES string of the molecule is Cc1ccc(OCc2csc(C(=O)Nc3ncn(Cc4ccccc4C)n3)c2)c(C)c1. The number of benzene rings is 2. The molecule has 4 rings (SSSR count). The van der Waals surface area contributed by atoms with Gasteiger partial charge in [0.1, 0.15) is 18.7 Å². The molecule has 2 aromatic carbocycles. The minimum atomic E-state index is -0.226. The topological polar surface area (TPSA) is 69.0 Å². The Morgan fingerprint density at radius 3 is 2.74 bits per heavy atom. The first-order valence-electron chi connectivity index (χ1n) is 10.0. The van der Waals surface area contributed by atoms with E-state index in [0.29, 0.717) is 24.0 Å². The van der Waals surface area contributed by atoms with E-state index in [-0.39, 0.29) is 5.91 Å². The predicted molar refractivity (Wildman–Crippen MR) is 123 cm³/mol. The van der Waals surface area contributed by atoms with Gasteiger partial charge in [0.05, 0.1) is 11.4 Å². The number of nitrogens with zero attached hydrogens (tertiary/aromatic N) is 3. The zero-order valence-corrected chi connectivity index (χ0v) is 18.6. The summed E-state index contributed by atoms with van der Waals surface area (Å²) in [5.74, 6) is 0.919. The Balaban J connectivity index is 1.35. The van der Waals surface area contributed by atoms with Gasteiger partial charge in [-0.05, 0) is 55.0 Å². The molecule has 1 N–H and O–H groups in total. The Morgan fingerprint density at radius 2 is 1.94 bits per heavy atom. The monoisotopic (exact) mass is 432 g/mol. The summed E-state index contributed by atoms with van der Waals surface area (Å²) in [7, 11) is 0. The van der Waals surface area contributed by atoms with Gasteiger partial charge >= 0.3 is 0 Å². The van der Waals surface area contributed by atoms with E-state index < -0.39 is 0 Å². The maximum absolute atomic E-state index is 12.6. The fourth-order valence-electron chi connectivity index (χ4n) is 3.25. The molecule has 0 radical (unpaired) electrons. The Labute approximate surface area is 185 Å². The van der Waals surface area contributed by atoms with Crippen LogP contribution in [0.2, 0.25) is 0 Å². The zero-order valence-electron chi connectivity index (χ0n) is 17.8. The number of amides is 1. The summed E-state index contributed by atoms with van der Waals surface area (Å²) < 4.78 is 7.62. The second kappa shape index (κ2) is 9.14. The van der Waals surface area contributed by atoms with E-state index in [1.807, 2.05) is 42.6 Å². The first-order valence-corrected chi connectivity index (χ1v) is 10.9. The molecule has 0 saturated carbocycles. The highest BCUT2D eigenvalue weighted by Gasteiger charge is 2.13. The second-order valence-electron chi connectivity index (χ2n) is 7.52. The first kappa shape index (κ1) is 20.8. The molecule has 4 aromatic rings. The lowest BCUT2D eigenvalue weighted by atomic mass is 10.1. The van der Waals surface area contributed by atoms with E-state index in [9.17, 15) is 4.79 Å². The maximum Gasteiger partial charge on any atom is 0.268 e. The van der Waals surface area contributed by atoms with E-state index in [2.05, 4.69) is 47.4 Å². The number of carbonyl (C=O) groups excluding carboxylic acids is 1. The van der Waals surface area contributed by atoms with Gasteiger partial charge in [0.25, 0.3) is 5.91 Å². The van der Waals surface area contributed by atoms with Crippen LogP contribution in [-0.2, 0) is 13.2 Å². The Morgan fingerprint density at radius 1 is 1.10 bits per heavy atom. The first-order chi connectivity index (χ1) is 15.0. The second-order valence-corrected chi connectivity index (χ2v) is 8.43. The number of nitrogens with one attached hydrogen (secondary N) is 1. The van der Waals surface area contributed by atoms with Crippen molar-refractivity contribution in [2.45, 2.75) is 33.9 Å². The van der Waals surface area contributed by atoms with Gasteiger partial charge < -0.3 is 4.74 Å². The van der Waals surface area contributed by atoms with Crippen molar-refractivity contribution in [1.82, 2.24) is 14.8 Å². The lowest BCUT2D eigenvalue weighted by Crippen LogP contribution is -2.12. The molecule has 31 heavy (non-hydrogen) atoms. The predicted octanol–water partition coefficient (Wildman–Crippen LogP) is 5.14. The minimum absolute atomic E-state index is 0.226. The molecule has 0 aliphatic heterocycles. The van der Waals surface area contributed by atoms with Crippen LogP contribution < -0.4 is 10.1 Å². The molecule has 2 aromatic heterocycles. The molecule has 0 fully saturated rings. The fraction of sp³-hybridized carbons (Fsp3) is 0.208. The summed E-state index contributed by atoms with van der Waals surface area (Å²) in [4.78, 5) is 17.4. The largest absolute Gasteiger partial charge is 0.489 e. The number of anilines is 1. The van der Waals surface area contributed by atoms with Crippen LogP contribution in [0.25, 0.3) is 0 Å². The van der Waals surface area contributed by atoms with Crippen molar-refractivity contribution in [1.29, 1.82) is 0 Å². The van der Waals surface area contributed by atoms with Crippen LogP contribution in [0, 0.1) is 20.8 Å². The average molecular weight is 433 g/mol. The van der Waals surface area contributed by atoms with Crippen LogP contribution >= 0.6 is 11.3 Å². The molecule has 0 aliphatic carbocycles. The highest BCUT2D eigenvalue weighted by Crippen LogP contribution is 2.22. The quantitative estimate of drug-likeness (QED) is 0.439. The van der Waals surface area contributed by atoms with Crippen molar-refractivity contribution in [3.8, 4) is 5.75 Å². The van der Waals surface area contributed by atoms with Crippen molar-refractivity contribution in [3.63, 3.8) is 0 Å². The van der Waals surface area contributed by atoms with Gasteiger partial charge in [0, 0.05) is 5.56 Å². The average Bonchev–Trinajstić information content (AvgIpc) is 3.39. The lowest BCUT2D eigenvalue weighted by Gasteiger charge is -2.08. The summed E-state index contributed by atoms with van der Waals surface area (Å²) in [5.41, 5.74) is 5.61. The third-order valence-corrected chi connectivity index (χ3v) is 5.94. The van der Waals surface area contributed by atoms with Crippen molar-refractivity contribution in [2.75, 3.05) is 5.32 Å². The van der Waals surface area contributed by atoms with Gasteiger partial charge in [-0.15, -0.1) is 16.4 Å². The van der Waals surface area contributed by atoms with Crippen LogP contribution in [0.4, 0.5) is 5.95 Å². The van der Waals surface area contributed by atoms with E-state index in [4.69, 9.17) is 4.74 Å². The number of carbonyl (C=O) groups is 1. The Hall–Kier alpha value is -3.45. The molecule has 0 unspecified atom stereocenters. The van der Waals surface area contributed by atoms with Gasteiger partial charge in [0.2, 0.25) is 5.95 Å². The molecule has 0 spiro atoms. The van der Waals surface area contributed by atoms with Gasteiger partial charge in [-0.25, -0.2) is 9.67 Å². The Kier molecular flexibility index (Phi) is 6.13. The fourth-order valence-corrected chi connectivity index (χ4v) is 4.04. The molecule has 0 saturated heterocycles. The van der Waals surface area contributed by atoms with Crippen molar-refractivity contribution >= 4 is 23.2 Å². The van der Waals surface area contributed by atoms with Crippen molar-refractivity contribution in [3.05, 3.63) is 92.9 Å². The van der Waals surface area contributed by atoms with Crippen LogP contribution in [0.1, 0.15) is 37.5 Å². The number of thiophene rings is 1. The summed E-state index contributed by atoms with van der Waals surface area (Å²) in [6, 6.07) is 16.1. The molecule has 1 amide bonds. The van der Waals surface area contributed by atoms with Gasteiger partial charge in [-0.3, -0.25) is 10.1 Å². The van der Waals surface area contributed by atoms with Crippen molar-refractivity contribution in [2.24, 2.45) is 0 Å². The molecule has 0 atom stereocenters. The molecule has 0 aliphatic rings. The van der Waals surface area contributed by atoms with Gasteiger partial charge in [-0.1, -0.05) is 42.0 Å². The third kappa shape index (κ3) is 5.19. The normalized spacial score (nSPS) is 10.8. The van der Waals surface area contributed by atoms with Crippen LogP contribution in [0.3, 0.4) is 0 Å². The van der Waals surface area contributed by atoms with Crippen molar-refractivity contribution < 1.29 is 9.53 Å². The number of hydrogen-bond donors (Lipinski definition) is 1. The smallest absolute Gasteiger partial charge is 0.268 e. The number of ether oxygens (including phenoxy) is 1. The van der Waals surface area contributed by atoms with E-state index in [0.717, 1.165) is 22.4 Å². The Bertz CT molecular complexity index is 1210. The molecule has 6 nitrogen and oxygen atoms in total. The van der Waals surface area contributed by atoms with Gasteiger partial charge in [-0.2, -0.15) is 0 Å². The molecular formula is C24H24N4O2S. The molecule has 158 valence electrons. The molecule has 0 bridgehead atoms. The lowest BCUT2D eigenvalue weighted by molar-refractivity contribution is 0.102. The highest BCUT2D eigenvalue weighted by molar-refractivity contribution is 7.12. The minimum Gasteiger partial charge on any atom is -0.489 e. The summed E-state index contributed by atoms with van der Waals surface area (Å²) in [6.07, 6.45) is 1.62. The summed E-state index contributed by atoms with van der Waals surface area (Å²) in [6.45, 7) is 7.17. The molecule has 7 heteroatoms.